The van der Waals surface area contributed by atoms with E-state index in [1.807, 2.05) is 60.7 Å². The van der Waals surface area contributed by atoms with E-state index in [0.29, 0.717) is 22.5 Å². The molecule has 0 N–H and O–H groups in total. The van der Waals surface area contributed by atoms with Crippen LogP contribution in [0.1, 0.15) is 164 Å². The van der Waals surface area contributed by atoms with Crippen LogP contribution < -0.4 is 10.2 Å². The van der Waals surface area contributed by atoms with Gasteiger partial charge in [-0.05, 0) is 116 Å². The number of hydrogen-bond acceptors (Lipinski definition) is 4. The summed E-state index contributed by atoms with van der Waals surface area (Å²) < 4.78 is 59.2. The molecule has 0 fully saturated rings. The molecular weight excluding hydrogens is 1030 g/mol. The van der Waals surface area contributed by atoms with Gasteiger partial charge in [0.1, 0.15) is 0 Å². The first-order valence-corrected chi connectivity index (χ1v) is 23.6. The molecule has 65 heavy (non-hydrogen) atoms. The van der Waals surface area contributed by atoms with Gasteiger partial charge in [0, 0.05) is 6.92 Å². The van der Waals surface area contributed by atoms with E-state index in [-0.39, 0.29) is 58.7 Å². The summed E-state index contributed by atoms with van der Waals surface area (Å²) in [6.45, 7) is 33.4. The minimum atomic E-state index is -10.7. The Kier molecular flexibility index (Phi) is 21.3. The molecule has 0 amide bonds. The van der Waals surface area contributed by atoms with Crippen LogP contribution in [0.4, 0.5) is 25.2 Å². The smallest absolute Gasteiger partial charge is 0.0623 e. The van der Waals surface area contributed by atoms with Crippen molar-refractivity contribution in [3.8, 4) is 40.1 Å². The predicted molar refractivity (Wildman–Crippen MR) is 256 cm³/mol. The minimum absolute atomic E-state index is 0. The summed E-state index contributed by atoms with van der Waals surface area (Å²) >= 11 is 0. The number of nitrogens with zero attached hydrogens (tertiary/aromatic N) is 2. The van der Waals surface area contributed by atoms with Crippen molar-refractivity contribution in [1.82, 2.24) is 4.98 Å². The summed E-state index contributed by atoms with van der Waals surface area (Å²) in [5.41, 5.74) is 6.15. The summed E-state index contributed by atoms with van der Waals surface area (Å²) in [5.74, 6) is 0.0114. The van der Waals surface area contributed by atoms with Gasteiger partial charge in [-0.15, -0.1) is 0 Å². The van der Waals surface area contributed by atoms with Crippen LogP contribution in [-0.4, -0.2) is 4.98 Å². The Morgan fingerprint density at radius 3 is 0.877 bits per heavy atom. The molecule has 1 aliphatic carbocycles. The van der Waals surface area contributed by atoms with Gasteiger partial charge in [-0.1, -0.05) is 188 Å². The zero-order valence-corrected chi connectivity index (χ0v) is 44.6. The van der Waals surface area contributed by atoms with Gasteiger partial charge >= 0.3 is 53.1 Å². The number of pyridine rings is 1. The monoisotopic (exact) mass is 1110 g/mol. The average Bonchev–Trinajstić information content (AvgIpc) is 3.09. The average molecular weight is 1110 g/mol. The van der Waals surface area contributed by atoms with Gasteiger partial charge in [-0.3, -0.25) is 0 Å². The van der Waals surface area contributed by atoms with E-state index >= 15 is 0 Å². The second-order valence-electron chi connectivity index (χ2n) is 21.1. The van der Waals surface area contributed by atoms with Gasteiger partial charge in [0.05, 0.1) is 17.5 Å². The van der Waals surface area contributed by atoms with Crippen LogP contribution in [0, 0.1) is 11.3 Å². The van der Waals surface area contributed by atoms with Gasteiger partial charge in [0.15, 0.2) is 0 Å². The Morgan fingerprint density at radius 1 is 0.462 bits per heavy atom. The molecule has 0 atom stereocenters. The maximum Gasteiger partial charge on any atom is 3.00 e. The van der Waals surface area contributed by atoms with Crippen molar-refractivity contribution >= 4 is 7.81 Å². The first-order chi connectivity index (χ1) is 28.7. The van der Waals surface area contributed by atoms with E-state index in [4.69, 9.17) is 10.2 Å². The van der Waals surface area contributed by atoms with Crippen LogP contribution in [0.2, 0.25) is 0 Å². The number of nitriles is 1. The van der Waals surface area contributed by atoms with Crippen LogP contribution >= 0.6 is 7.81 Å². The zero-order valence-electron chi connectivity index (χ0n) is 41.3. The van der Waals surface area contributed by atoms with Gasteiger partial charge < -0.3 is 10.2 Å². The summed E-state index contributed by atoms with van der Waals surface area (Å²) in [6.07, 6.45) is 14.0. The summed E-state index contributed by atoms with van der Waals surface area (Å²) in [6, 6.07) is 26.0. The van der Waals surface area contributed by atoms with Crippen LogP contribution in [0.3, 0.4) is 0 Å². The van der Waals surface area contributed by atoms with E-state index < -0.39 is 7.81 Å². The SMILES string of the molecule is C1=C\CC/C=C\CC/1.CC#N.CC(C)(C)c1cc(-c2cc(C(C)(C)C)cc(C(C)(C)C)c2[O-])nc(-c2cc(C(C)(C)C)cc(C(C)(C)C)c2[O-])c1.F[P-](F)(F)(F)(F)F.[Ir+3].c1ccccc1. The molecule has 362 valence electrons. The Balaban J connectivity index is 0.00000132. The number of rotatable bonds is 2. The molecule has 12 heteroatoms. The molecule has 4 nitrogen and oxygen atoms in total. The largest absolute Gasteiger partial charge is 3.00 e. The maximum absolute atomic E-state index is 14.0. The molecule has 1 aromatic heterocycles. The number of benzene rings is 3. The van der Waals surface area contributed by atoms with Crippen molar-refractivity contribution in [2.24, 2.45) is 0 Å². The van der Waals surface area contributed by atoms with Crippen molar-refractivity contribution in [3.63, 3.8) is 0 Å². The number of aromatic nitrogens is 1. The second-order valence-corrected chi connectivity index (χ2v) is 23.0. The van der Waals surface area contributed by atoms with Gasteiger partial charge in [0.25, 0.3) is 0 Å². The Morgan fingerprint density at radius 2 is 0.677 bits per heavy atom. The number of allylic oxidation sites excluding steroid dienone is 4. The van der Waals surface area contributed by atoms with Gasteiger partial charge in [0.2, 0.25) is 0 Å². The van der Waals surface area contributed by atoms with Crippen molar-refractivity contribution in [3.05, 3.63) is 125 Å². The standard InChI is InChI=1S/C37H53NO2.C8H12.C6H6.C2H3N.F6P.Ir/c1-33(2,3)22-16-25(31(39)27(18-22)36(10,11)12)29-20-24(35(7,8)9)21-30(38-29)26-17-23(34(4,5)6)19-28(32(26)40)37(13,14)15;1-2-4-6-8-7-5-3-1;1-2-4-6-5-3-1;1-2-3;1-7(2,3,4,5)6;/h16-21,39-40H,1-15H3;1-2,7-8H,3-6H2;1-6H;1H3;;/q;;;;-1;+3/p-2/b;2-1-,8-7-;;;;. The fraction of sp³-hybridized carbons (Fsp3) is 0.472. The molecule has 0 saturated carbocycles. The zero-order chi connectivity index (χ0) is 49.8. The third-order valence-electron chi connectivity index (χ3n) is 9.77. The summed E-state index contributed by atoms with van der Waals surface area (Å²) in [7, 11) is -10.7. The van der Waals surface area contributed by atoms with Crippen molar-refractivity contribution in [2.45, 2.75) is 164 Å². The topological polar surface area (TPSA) is 82.8 Å². The quantitative estimate of drug-likeness (QED) is 0.114. The number of hydrogen-bond donors (Lipinski definition) is 0. The third-order valence-corrected chi connectivity index (χ3v) is 9.77. The molecule has 1 heterocycles. The van der Waals surface area contributed by atoms with Crippen LogP contribution in [0.25, 0.3) is 22.5 Å². The van der Waals surface area contributed by atoms with E-state index in [2.05, 4.69) is 140 Å². The molecule has 0 bridgehead atoms. The summed E-state index contributed by atoms with van der Waals surface area (Å²) in [5, 5.41) is 35.4. The molecule has 1 aliphatic rings. The van der Waals surface area contributed by atoms with Crippen LogP contribution in [-0.2, 0) is 47.2 Å². The van der Waals surface area contributed by atoms with Gasteiger partial charge in [-0.2, -0.15) is 5.26 Å². The maximum atomic E-state index is 14.0. The first-order valence-electron chi connectivity index (χ1n) is 21.6. The molecule has 0 saturated heterocycles. The van der Waals surface area contributed by atoms with Crippen LogP contribution in [0.15, 0.2) is 97.1 Å². The fourth-order valence-corrected chi connectivity index (χ4v) is 6.10. The molecule has 0 aliphatic heterocycles. The Bertz CT molecular complexity index is 2070. The molecule has 4 aromatic rings. The Labute approximate surface area is 400 Å². The Hall–Kier alpha value is -3.96. The molecule has 3 aromatic carbocycles. The third kappa shape index (κ3) is 23.9. The van der Waals surface area contributed by atoms with E-state index in [1.165, 1.54) is 32.6 Å². The van der Waals surface area contributed by atoms with Crippen LogP contribution in [0.5, 0.6) is 11.5 Å². The fourth-order valence-electron chi connectivity index (χ4n) is 6.10. The summed E-state index contributed by atoms with van der Waals surface area (Å²) in [4.78, 5) is 5.10. The number of halogens is 6. The molecule has 0 radical (unpaired) electrons. The molecule has 0 unspecified atom stereocenters. The molecule has 5 rings (SSSR count). The normalized spacial score (nSPS) is 15.2. The van der Waals surface area contributed by atoms with Crippen molar-refractivity contribution in [2.75, 3.05) is 0 Å². The first kappa shape index (κ1) is 61.0. The van der Waals surface area contributed by atoms with Crippen molar-refractivity contribution in [1.29, 1.82) is 5.26 Å². The van der Waals surface area contributed by atoms with Crippen molar-refractivity contribution < 1.29 is 55.5 Å². The van der Waals surface area contributed by atoms with E-state index in [1.54, 1.807) is 6.07 Å². The van der Waals surface area contributed by atoms with E-state index in [0.717, 1.165) is 27.8 Å². The predicted octanol–water partition coefficient (Wildman–Crippen LogP) is 17.3. The van der Waals surface area contributed by atoms with Gasteiger partial charge in [-0.25, -0.2) is 4.98 Å². The second kappa shape index (κ2) is 22.7. The van der Waals surface area contributed by atoms with E-state index in [9.17, 15) is 35.4 Å². The minimum Gasteiger partial charge on any atom is -0.0623 e. The molecular formula is C53H72F6IrN2O2P. The molecule has 0 spiro atoms.